The zero-order valence-corrected chi connectivity index (χ0v) is 8.61. The third-order valence-corrected chi connectivity index (χ3v) is 1.97. The standard InChI is InChI=1S/C10H12N2O3/c1-4-11-8-5-7(2)10(15-3)6-9(8)12(13)14/h4-6,11H,1H2,2-3H3. The molecule has 0 aliphatic carbocycles. The first-order valence-corrected chi connectivity index (χ1v) is 4.30. The number of aryl methyl sites for hydroxylation is 1. The monoisotopic (exact) mass is 208 g/mol. The number of nitrogens with one attached hydrogen (secondary N) is 1. The quantitative estimate of drug-likeness (QED) is 0.609. The maximum Gasteiger partial charge on any atom is 0.296 e. The zero-order chi connectivity index (χ0) is 11.4. The fourth-order valence-corrected chi connectivity index (χ4v) is 1.27. The molecule has 0 radical (unpaired) electrons. The van der Waals surface area contributed by atoms with Gasteiger partial charge in [0.2, 0.25) is 0 Å². The van der Waals surface area contributed by atoms with Crippen LogP contribution in [0.25, 0.3) is 0 Å². The molecule has 1 N–H and O–H groups in total. The van der Waals surface area contributed by atoms with Gasteiger partial charge in [0, 0.05) is 0 Å². The summed E-state index contributed by atoms with van der Waals surface area (Å²) in [6.45, 7) is 5.28. The minimum absolute atomic E-state index is 0.0302. The lowest BCUT2D eigenvalue weighted by Gasteiger charge is -2.08. The van der Waals surface area contributed by atoms with Gasteiger partial charge in [-0.15, -0.1) is 0 Å². The number of rotatable bonds is 4. The Bertz CT molecular complexity index is 402. The fraction of sp³-hybridized carbons (Fsp3) is 0.200. The van der Waals surface area contributed by atoms with E-state index < -0.39 is 4.92 Å². The van der Waals surface area contributed by atoms with Crippen molar-refractivity contribution in [1.82, 2.24) is 0 Å². The summed E-state index contributed by atoms with van der Waals surface area (Å²) in [5.41, 5.74) is 1.21. The van der Waals surface area contributed by atoms with E-state index in [-0.39, 0.29) is 5.69 Å². The van der Waals surface area contributed by atoms with Crippen molar-refractivity contribution in [3.63, 3.8) is 0 Å². The Kier molecular flexibility index (Phi) is 3.28. The summed E-state index contributed by atoms with van der Waals surface area (Å²) in [6, 6.07) is 3.04. The number of hydrogen-bond donors (Lipinski definition) is 1. The first kappa shape index (κ1) is 11.0. The Morgan fingerprint density at radius 1 is 1.60 bits per heavy atom. The molecule has 0 aromatic heterocycles. The molecule has 15 heavy (non-hydrogen) atoms. The molecule has 0 fully saturated rings. The van der Waals surface area contributed by atoms with E-state index in [0.717, 1.165) is 5.56 Å². The van der Waals surface area contributed by atoms with E-state index in [2.05, 4.69) is 11.9 Å². The van der Waals surface area contributed by atoms with Gasteiger partial charge in [-0.3, -0.25) is 10.1 Å². The molecular weight excluding hydrogens is 196 g/mol. The molecule has 1 aromatic carbocycles. The Labute approximate surface area is 87.5 Å². The molecule has 1 aromatic rings. The van der Waals surface area contributed by atoms with Crippen LogP contribution in [0.5, 0.6) is 5.75 Å². The van der Waals surface area contributed by atoms with Crippen LogP contribution in [0.15, 0.2) is 24.9 Å². The number of anilines is 1. The zero-order valence-electron chi connectivity index (χ0n) is 8.61. The van der Waals surface area contributed by atoms with Gasteiger partial charge in [-0.1, -0.05) is 6.58 Å². The lowest BCUT2D eigenvalue weighted by Crippen LogP contribution is -1.98. The third-order valence-electron chi connectivity index (χ3n) is 1.97. The number of nitrogens with zero attached hydrogens (tertiary/aromatic N) is 1. The van der Waals surface area contributed by atoms with Crippen LogP contribution in [0.3, 0.4) is 0 Å². The minimum Gasteiger partial charge on any atom is -0.496 e. The van der Waals surface area contributed by atoms with Crippen molar-refractivity contribution in [3.05, 3.63) is 40.6 Å². The number of nitro groups is 1. The van der Waals surface area contributed by atoms with Crippen LogP contribution < -0.4 is 10.1 Å². The first-order valence-electron chi connectivity index (χ1n) is 4.30. The highest BCUT2D eigenvalue weighted by Gasteiger charge is 2.16. The van der Waals surface area contributed by atoms with Crippen molar-refractivity contribution >= 4 is 11.4 Å². The summed E-state index contributed by atoms with van der Waals surface area (Å²) >= 11 is 0. The second-order valence-electron chi connectivity index (χ2n) is 2.94. The highest BCUT2D eigenvalue weighted by molar-refractivity contribution is 5.67. The van der Waals surface area contributed by atoms with E-state index in [1.807, 2.05) is 6.92 Å². The molecule has 0 aliphatic heterocycles. The minimum atomic E-state index is -0.464. The van der Waals surface area contributed by atoms with E-state index in [1.165, 1.54) is 19.4 Å². The van der Waals surface area contributed by atoms with Gasteiger partial charge in [0.05, 0.1) is 18.1 Å². The van der Waals surface area contributed by atoms with Crippen molar-refractivity contribution in [3.8, 4) is 5.75 Å². The molecule has 80 valence electrons. The molecule has 0 atom stereocenters. The fourth-order valence-electron chi connectivity index (χ4n) is 1.27. The molecule has 0 amide bonds. The Balaban J connectivity index is 3.31. The molecule has 0 spiro atoms. The summed E-state index contributed by atoms with van der Waals surface area (Å²) in [6.07, 6.45) is 1.40. The molecule has 0 heterocycles. The van der Waals surface area contributed by atoms with Gasteiger partial charge in [-0.25, -0.2) is 0 Å². The van der Waals surface area contributed by atoms with Crippen molar-refractivity contribution in [1.29, 1.82) is 0 Å². The lowest BCUT2D eigenvalue weighted by atomic mass is 10.1. The van der Waals surface area contributed by atoms with Gasteiger partial charge < -0.3 is 10.1 Å². The van der Waals surface area contributed by atoms with Gasteiger partial charge in [-0.05, 0) is 24.8 Å². The predicted octanol–water partition coefficient (Wildman–Crippen LogP) is 2.47. The third kappa shape index (κ3) is 2.25. The largest absolute Gasteiger partial charge is 0.496 e. The van der Waals surface area contributed by atoms with E-state index in [4.69, 9.17) is 4.74 Å². The number of methoxy groups -OCH3 is 1. The molecule has 0 saturated carbocycles. The summed E-state index contributed by atoms with van der Waals surface area (Å²) in [7, 11) is 1.48. The number of hydrogen-bond acceptors (Lipinski definition) is 4. The molecule has 0 bridgehead atoms. The van der Waals surface area contributed by atoms with Crippen molar-refractivity contribution in [2.75, 3.05) is 12.4 Å². The number of benzene rings is 1. The Hall–Kier alpha value is -2.04. The van der Waals surface area contributed by atoms with Gasteiger partial charge in [0.15, 0.2) is 0 Å². The highest BCUT2D eigenvalue weighted by Crippen LogP contribution is 2.32. The first-order chi connectivity index (χ1) is 7.10. The summed E-state index contributed by atoms with van der Waals surface area (Å²) < 4.78 is 5.01. The van der Waals surface area contributed by atoms with E-state index in [9.17, 15) is 10.1 Å². The molecule has 0 unspecified atom stereocenters. The Morgan fingerprint density at radius 2 is 2.27 bits per heavy atom. The number of ether oxygens (including phenoxy) is 1. The van der Waals surface area contributed by atoms with Crippen LogP contribution in [0.1, 0.15) is 5.56 Å². The summed E-state index contributed by atoms with van der Waals surface area (Å²) in [5.74, 6) is 0.497. The second kappa shape index (κ2) is 4.45. The van der Waals surface area contributed by atoms with Gasteiger partial charge >= 0.3 is 0 Å². The van der Waals surface area contributed by atoms with E-state index >= 15 is 0 Å². The SMILES string of the molecule is C=CNc1cc(C)c(OC)cc1[N+](=O)[O-]. The van der Waals surface area contributed by atoms with Crippen molar-refractivity contribution in [2.45, 2.75) is 6.92 Å². The topological polar surface area (TPSA) is 64.4 Å². The van der Waals surface area contributed by atoms with Crippen LogP contribution in [-0.4, -0.2) is 12.0 Å². The molecule has 1 rings (SSSR count). The normalized spacial score (nSPS) is 9.47. The van der Waals surface area contributed by atoms with E-state index in [1.54, 1.807) is 6.07 Å². The smallest absolute Gasteiger partial charge is 0.296 e. The average Bonchev–Trinajstić information content (AvgIpc) is 2.18. The summed E-state index contributed by atoms with van der Waals surface area (Å²) in [4.78, 5) is 10.3. The molecule has 5 nitrogen and oxygen atoms in total. The summed E-state index contributed by atoms with van der Waals surface area (Å²) in [5, 5.41) is 13.5. The van der Waals surface area contributed by atoms with Crippen molar-refractivity contribution in [2.24, 2.45) is 0 Å². The Morgan fingerprint density at radius 3 is 2.73 bits per heavy atom. The van der Waals surface area contributed by atoms with Crippen LogP contribution in [-0.2, 0) is 0 Å². The van der Waals surface area contributed by atoms with E-state index in [0.29, 0.717) is 11.4 Å². The second-order valence-corrected chi connectivity index (χ2v) is 2.94. The van der Waals surface area contributed by atoms with Crippen LogP contribution in [0.4, 0.5) is 11.4 Å². The maximum absolute atomic E-state index is 10.8. The molecule has 0 saturated heterocycles. The van der Waals surface area contributed by atoms with Crippen LogP contribution in [0, 0.1) is 17.0 Å². The maximum atomic E-state index is 10.8. The highest BCUT2D eigenvalue weighted by atomic mass is 16.6. The van der Waals surface area contributed by atoms with Crippen molar-refractivity contribution < 1.29 is 9.66 Å². The van der Waals surface area contributed by atoms with Gasteiger partial charge in [-0.2, -0.15) is 0 Å². The predicted molar refractivity (Wildman–Crippen MR) is 58.2 cm³/mol. The molecule has 5 heteroatoms. The van der Waals surface area contributed by atoms with Gasteiger partial charge in [0.25, 0.3) is 5.69 Å². The van der Waals surface area contributed by atoms with Gasteiger partial charge in [0.1, 0.15) is 11.4 Å². The number of nitro benzene ring substituents is 1. The van der Waals surface area contributed by atoms with Crippen LogP contribution in [0.2, 0.25) is 0 Å². The molecule has 0 aliphatic rings. The average molecular weight is 208 g/mol. The lowest BCUT2D eigenvalue weighted by molar-refractivity contribution is -0.384. The molecular formula is C10H12N2O3. The van der Waals surface area contributed by atoms with Crippen LogP contribution >= 0.6 is 0 Å².